The summed E-state index contributed by atoms with van der Waals surface area (Å²) in [6.45, 7) is 0. The molecule has 0 aliphatic carbocycles. The largest absolute Gasteiger partial charge is 0.480 e. The van der Waals surface area contributed by atoms with Crippen LogP contribution in [-0.4, -0.2) is 35.2 Å². The fraction of sp³-hybridized carbons (Fsp3) is 0.333. The van der Waals surface area contributed by atoms with Crippen LogP contribution in [0, 0.1) is 5.82 Å². The van der Waals surface area contributed by atoms with Crippen LogP contribution in [0.15, 0.2) is 12.1 Å². The smallest absolute Gasteiger partial charge is 0.326 e. The van der Waals surface area contributed by atoms with E-state index in [0.29, 0.717) is 5.75 Å². The van der Waals surface area contributed by atoms with Gasteiger partial charge in [0.15, 0.2) is 0 Å². The number of hydrogen-bond donors (Lipinski definition) is 3. The minimum Gasteiger partial charge on any atom is -0.480 e. The van der Waals surface area contributed by atoms with Gasteiger partial charge in [0, 0.05) is 0 Å². The van der Waals surface area contributed by atoms with Crippen LogP contribution in [0.4, 0.5) is 14.9 Å². The molecule has 0 aliphatic heterocycles. The molecule has 0 spiro atoms. The van der Waals surface area contributed by atoms with Crippen molar-refractivity contribution in [2.45, 2.75) is 12.5 Å². The molecule has 1 aromatic carbocycles. The van der Waals surface area contributed by atoms with E-state index in [4.69, 9.17) is 28.3 Å². The molecule has 2 amide bonds. The number of urea groups is 1. The Balaban J connectivity index is 2.74. The van der Waals surface area contributed by atoms with Gasteiger partial charge in [-0.15, -0.1) is 0 Å². The van der Waals surface area contributed by atoms with Crippen LogP contribution < -0.4 is 10.6 Å². The van der Waals surface area contributed by atoms with E-state index in [0.717, 1.165) is 12.1 Å². The Morgan fingerprint density at radius 1 is 1.38 bits per heavy atom. The number of amides is 2. The summed E-state index contributed by atoms with van der Waals surface area (Å²) in [5.41, 5.74) is 0.0197. The van der Waals surface area contributed by atoms with Crippen LogP contribution in [0.3, 0.4) is 0 Å². The van der Waals surface area contributed by atoms with Crippen molar-refractivity contribution >= 4 is 52.7 Å². The normalized spacial score (nSPS) is 11.8. The van der Waals surface area contributed by atoms with Crippen molar-refractivity contribution in [2.75, 3.05) is 17.3 Å². The number of carboxylic acid groups (broad SMARTS) is 1. The van der Waals surface area contributed by atoms with Gasteiger partial charge >= 0.3 is 12.0 Å². The van der Waals surface area contributed by atoms with Gasteiger partial charge in [-0.2, -0.15) is 11.8 Å². The Hall–Kier alpha value is -1.18. The molecule has 5 nitrogen and oxygen atoms in total. The van der Waals surface area contributed by atoms with E-state index in [1.807, 2.05) is 6.26 Å². The summed E-state index contributed by atoms with van der Waals surface area (Å²) in [7, 11) is 0. The Bertz CT molecular complexity index is 522. The summed E-state index contributed by atoms with van der Waals surface area (Å²) >= 11 is 13.0. The van der Waals surface area contributed by atoms with Crippen molar-refractivity contribution < 1.29 is 19.1 Å². The van der Waals surface area contributed by atoms with Crippen LogP contribution in [0.25, 0.3) is 0 Å². The fourth-order valence-corrected chi connectivity index (χ4v) is 2.49. The standard InChI is InChI=1S/C12H13Cl2FN2O3S/c1-21-3-2-9(11(18)19)16-12(20)17-10-7(13)4-6(15)5-8(10)14/h4-5,9H,2-3H2,1H3,(H,18,19)(H2,16,17,20). The number of anilines is 1. The summed E-state index contributed by atoms with van der Waals surface area (Å²) in [5.74, 6) is -1.20. The zero-order valence-electron chi connectivity index (χ0n) is 11.0. The minimum atomic E-state index is -1.14. The molecule has 3 N–H and O–H groups in total. The van der Waals surface area contributed by atoms with Crippen LogP contribution in [0.2, 0.25) is 10.0 Å². The lowest BCUT2D eigenvalue weighted by Crippen LogP contribution is -2.43. The highest BCUT2D eigenvalue weighted by atomic mass is 35.5. The van der Waals surface area contributed by atoms with Crippen molar-refractivity contribution in [3.05, 3.63) is 28.0 Å². The monoisotopic (exact) mass is 354 g/mol. The maximum Gasteiger partial charge on any atom is 0.326 e. The van der Waals surface area contributed by atoms with Gasteiger partial charge in [-0.1, -0.05) is 23.2 Å². The van der Waals surface area contributed by atoms with Crippen molar-refractivity contribution in [1.29, 1.82) is 0 Å². The zero-order valence-corrected chi connectivity index (χ0v) is 13.3. The molecule has 0 heterocycles. The number of thioether (sulfide) groups is 1. The molecular formula is C12H13Cl2FN2O3S. The first kappa shape index (κ1) is 17.9. The third-order valence-corrected chi connectivity index (χ3v) is 3.70. The third kappa shape index (κ3) is 5.61. The fourth-order valence-electron chi connectivity index (χ4n) is 1.46. The lowest BCUT2D eigenvalue weighted by atomic mass is 10.2. The Morgan fingerprint density at radius 3 is 2.43 bits per heavy atom. The van der Waals surface area contributed by atoms with Crippen LogP contribution in [0.1, 0.15) is 6.42 Å². The first-order chi connectivity index (χ1) is 9.85. The molecule has 116 valence electrons. The van der Waals surface area contributed by atoms with Gasteiger partial charge in [-0.25, -0.2) is 14.0 Å². The molecule has 1 atom stereocenters. The number of rotatable bonds is 6. The molecule has 0 aromatic heterocycles. The topological polar surface area (TPSA) is 78.4 Å². The summed E-state index contributed by atoms with van der Waals surface area (Å²) in [5, 5.41) is 13.5. The number of aliphatic carboxylic acids is 1. The zero-order chi connectivity index (χ0) is 16.0. The quantitative estimate of drug-likeness (QED) is 0.730. The highest BCUT2D eigenvalue weighted by molar-refractivity contribution is 7.98. The maximum atomic E-state index is 13.0. The molecule has 0 fully saturated rings. The van der Waals surface area contributed by atoms with Gasteiger partial charge in [0.1, 0.15) is 11.9 Å². The molecule has 1 unspecified atom stereocenters. The summed E-state index contributed by atoms with van der Waals surface area (Å²) in [6, 6.07) is 0.172. The third-order valence-electron chi connectivity index (χ3n) is 2.46. The van der Waals surface area contributed by atoms with Crippen molar-refractivity contribution in [3.8, 4) is 0 Å². The maximum absolute atomic E-state index is 13.0. The average Bonchev–Trinajstić information content (AvgIpc) is 2.38. The predicted molar refractivity (Wildman–Crippen MR) is 83.0 cm³/mol. The number of nitrogens with one attached hydrogen (secondary N) is 2. The van der Waals surface area contributed by atoms with E-state index in [-0.39, 0.29) is 22.2 Å². The molecule has 0 aliphatic rings. The van der Waals surface area contributed by atoms with Crippen LogP contribution in [0.5, 0.6) is 0 Å². The average molecular weight is 355 g/mol. The summed E-state index contributed by atoms with van der Waals surface area (Å²) in [6.07, 6.45) is 2.10. The Morgan fingerprint density at radius 2 is 1.95 bits per heavy atom. The summed E-state index contributed by atoms with van der Waals surface area (Å²) < 4.78 is 13.0. The van der Waals surface area contributed by atoms with Gasteiger partial charge in [-0.3, -0.25) is 0 Å². The van der Waals surface area contributed by atoms with Gasteiger partial charge in [0.25, 0.3) is 0 Å². The number of carboxylic acids is 1. The number of hydrogen-bond acceptors (Lipinski definition) is 3. The van der Waals surface area contributed by atoms with Crippen molar-refractivity contribution in [1.82, 2.24) is 5.32 Å². The number of carbonyl (C=O) groups excluding carboxylic acids is 1. The van der Waals surface area contributed by atoms with E-state index in [1.54, 1.807) is 0 Å². The van der Waals surface area contributed by atoms with Gasteiger partial charge in [0.2, 0.25) is 0 Å². The number of halogens is 3. The predicted octanol–water partition coefficient (Wildman–Crippen LogP) is 3.46. The van der Waals surface area contributed by atoms with Crippen molar-refractivity contribution in [3.63, 3.8) is 0 Å². The van der Waals surface area contributed by atoms with E-state index >= 15 is 0 Å². The Kier molecular flexibility index (Phi) is 7.07. The lowest BCUT2D eigenvalue weighted by molar-refractivity contribution is -0.139. The van der Waals surface area contributed by atoms with E-state index < -0.39 is 23.9 Å². The molecular weight excluding hydrogens is 342 g/mol. The second-order valence-electron chi connectivity index (χ2n) is 4.02. The van der Waals surface area contributed by atoms with E-state index in [1.165, 1.54) is 11.8 Å². The molecule has 1 aromatic rings. The molecule has 9 heteroatoms. The van der Waals surface area contributed by atoms with Crippen LogP contribution in [-0.2, 0) is 4.79 Å². The SMILES string of the molecule is CSCCC(NC(=O)Nc1c(Cl)cc(F)cc1Cl)C(=O)O. The molecule has 0 radical (unpaired) electrons. The molecule has 1 rings (SSSR count). The first-order valence-corrected chi connectivity index (χ1v) is 7.94. The highest BCUT2D eigenvalue weighted by Gasteiger charge is 2.20. The van der Waals surface area contributed by atoms with Gasteiger partial charge in [0.05, 0.1) is 15.7 Å². The molecule has 0 saturated carbocycles. The molecule has 0 saturated heterocycles. The number of carbonyl (C=O) groups is 2. The minimum absolute atomic E-state index is 0.0197. The lowest BCUT2D eigenvalue weighted by Gasteiger charge is -2.15. The first-order valence-electron chi connectivity index (χ1n) is 5.79. The van der Waals surface area contributed by atoms with Gasteiger partial charge in [-0.05, 0) is 30.6 Å². The summed E-state index contributed by atoms with van der Waals surface area (Å²) in [4.78, 5) is 22.8. The van der Waals surface area contributed by atoms with E-state index in [9.17, 15) is 14.0 Å². The Labute approximate surface area is 135 Å². The second kappa shape index (κ2) is 8.31. The molecule has 21 heavy (non-hydrogen) atoms. The van der Waals surface area contributed by atoms with Gasteiger partial charge < -0.3 is 15.7 Å². The molecule has 0 bridgehead atoms. The van der Waals surface area contributed by atoms with E-state index in [2.05, 4.69) is 10.6 Å². The number of benzene rings is 1. The van der Waals surface area contributed by atoms with Crippen molar-refractivity contribution in [2.24, 2.45) is 0 Å². The van der Waals surface area contributed by atoms with Crippen LogP contribution >= 0.6 is 35.0 Å². The highest BCUT2D eigenvalue weighted by Crippen LogP contribution is 2.31. The second-order valence-corrected chi connectivity index (χ2v) is 5.82.